The predicted octanol–water partition coefficient (Wildman–Crippen LogP) is 1.92. The molecule has 1 atom stereocenters. The van der Waals surface area contributed by atoms with Crippen molar-refractivity contribution in [3.05, 3.63) is 0 Å². The number of rotatable bonds is 7. The monoisotopic (exact) mass is 260 g/mol. The minimum atomic E-state index is -3.93. The van der Waals surface area contributed by atoms with Crippen LogP contribution in [0.5, 0.6) is 0 Å². The van der Waals surface area contributed by atoms with Crippen LogP contribution in [0.2, 0.25) is 0 Å². The highest BCUT2D eigenvalue weighted by Crippen LogP contribution is 2.27. The quantitative estimate of drug-likeness (QED) is 0.677. The molecule has 0 radical (unpaired) electrons. The van der Waals surface area contributed by atoms with Gasteiger partial charge in [0.1, 0.15) is 0 Å². The van der Waals surface area contributed by atoms with Gasteiger partial charge in [0.25, 0.3) is 0 Å². The van der Waals surface area contributed by atoms with Gasteiger partial charge in [-0.3, -0.25) is 0 Å². The maximum absolute atomic E-state index is 10.5. The minimum Gasteiger partial charge on any atom is -0.812 e. The molecule has 0 fully saturated rings. The number of hydrogen-bond acceptors (Lipinski definition) is 4. The molecule has 0 spiro atoms. The summed E-state index contributed by atoms with van der Waals surface area (Å²) in [5.41, 5.74) is 0. The van der Waals surface area contributed by atoms with Gasteiger partial charge in [-0.25, -0.2) is 0 Å². The van der Waals surface area contributed by atoms with Crippen molar-refractivity contribution >= 4 is 18.5 Å². The fraction of sp³-hybridized carbons (Fsp3) is 1.00. The zero-order valence-corrected chi connectivity index (χ0v) is 11.9. The molecule has 0 bridgehead atoms. The van der Waals surface area contributed by atoms with Crippen molar-refractivity contribution in [2.45, 2.75) is 39.5 Å². The van der Waals surface area contributed by atoms with Gasteiger partial charge in [0, 0.05) is 0 Å². The molecule has 0 saturated heterocycles. The lowest BCUT2D eigenvalue weighted by atomic mass is 10.0. The third-order valence-electron chi connectivity index (χ3n) is 2.01. The molecule has 1 unspecified atom stereocenters. The van der Waals surface area contributed by atoms with Crippen molar-refractivity contribution in [3.8, 4) is 0 Å². The Kier molecular flexibility index (Phi) is 15.2. The number of unbranched alkanes of at least 4 members (excludes halogenated alkanes) is 1. The SMILES string of the molecule is CCCCC(CC)COP([O-])([O-])=S.[NH4+].[NH4+]. The van der Waals surface area contributed by atoms with E-state index in [0.717, 1.165) is 25.7 Å². The Morgan fingerprint density at radius 2 is 1.80 bits per heavy atom. The Morgan fingerprint density at radius 1 is 1.27 bits per heavy atom. The molecule has 0 aromatic carbocycles. The van der Waals surface area contributed by atoms with E-state index in [4.69, 9.17) is 0 Å². The zero-order valence-electron chi connectivity index (χ0n) is 10.2. The van der Waals surface area contributed by atoms with Gasteiger partial charge < -0.3 is 26.6 Å². The number of quaternary nitrogens is 2. The maximum atomic E-state index is 10.5. The number of hydrogen-bond donors (Lipinski definition) is 2. The van der Waals surface area contributed by atoms with Gasteiger partial charge in [-0.15, -0.1) is 11.8 Å². The van der Waals surface area contributed by atoms with Crippen molar-refractivity contribution in [1.29, 1.82) is 0 Å². The molecule has 0 aliphatic carbocycles. The molecule has 0 saturated carbocycles. The van der Waals surface area contributed by atoms with E-state index in [1.807, 2.05) is 6.92 Å². The lowest BCUT2D eigenvalue weighted by Crippen LogP contribution is -2.19. The predicted molar refractivity (Wildman–Crippen MR) is 65.5 cm³/mol. The standard InChI is InChI=1S/C8H19O3PS.2H3N/c1-3-5-6-8(4-2)7-11-12(9,10)13;;/h8H,3-7H2,1-2H3,(H2,9,10,13);2*1H3. The van der Waals surface area contributed by atoms with Crippen LogP contribution in [0.1, 0.15) is 39.5 Å². The zero-order chi connectivity index (χ0) is 10.3. The van der Waals surface area contributed by atoms with Gasteiger partial charge in [0.15, 0.2) is 0 Å². The summed E-state index contributed by atoms with van der Waals surface area (Å²) >= 11 is 4.14. The molecular weight excluding hydrogens is 235 g/mol. The maximum Gasteiger partial charge on any atom is 0.0514 e. The molecule has 0 amide bonds. The van der Waals surface area contributed by atoms with E-state index in [9.17, 15) is 9.79 Å². The van der Waals surface area contributed by atoms with E-state index < -0.39 is 6.72 Å². The van der Waals surface area contributed by atoms with Gasteiger partial charge in [-0.2, -0.15) is 0 Å². The highest BCUT2D eigenvalue weighted by molar-refractivity contribution is 8.05. The fourth-order valence-electron chi connectivity index (χ4n) is 1.09. The van der Waals surface area contributed by atoms with Gasteiger partial charge in [-0.1, -0.05) is 39.8 Å². The smallest absolute Gasteiger partial charge is 0.0514 e. The topological polar surface area (TPSA) is 128 Å². The van der Waals surface area contributed by atoms with Crippen molar-refractivity contribution in [3.63, 3.8) is 0 Å². The third kappa shape index (κ3) is 14.5. The fourth-order valence-corrected chi connectivity index (χ4v) is 1.67. The van der Waals surface area contributed by atoms with Crippen molar-refractivity contribution in [2.24, 2.45) is 5.92 Å². The summed E-state index contributed by atoms with van der Waals surface area (Å²) in [4.78, 5) is 21.1. The van der Waals surface area contributed by atoms with E-state index in [-0.39, 0.29) is 18.9 Å². The highest BCUT2D eigenvalue weighted by Gasteiger charge is 2.05. The van der Waals surface area contributed by atoms with Crippen molar-refractivity contribution in [1.82, 2.24) is 12.3 Å². The van der Waals surface area contributed by atoms with E-state index >= 15 is 0 Å². The first-order chi connectivity index (χ1) is 5.99. The molecule has 5 nitrogen and oxygen atoms in total. The Labute approximate surface area is 97.6 Å². The van der Waals surface area contributed by atoms with Gasteiger partial charge in [0.2, 0.25) is 0 Å². The molecule has 96 valence electrons. The first-order valence-electron chi connectivity index (χ1n) is 4.66. The average molecular weight is 260 g/mol. The van der Waals surface area contributed by atoms with Crippen LogP contribution >= 0.6 is 6.72 Å². The molecular formula is C8H25N2O3PS. The summed E-state index contributed by atoms with van der Waals surface area (Å²) in [5, 5.41) is 0. The second kappa shape index (κ2) is 11.0. The van der Waals surface area contributed by atoms with Crippen LogP contribution in [-0.4, -0.2) is 6.61 Å². The molecule has 0 rings (SSSR count). The molecule has 0 heterocycles. The molecule has 7 heteroatoms. The Morgan fingerprint density at radius 3 is 2.13 bits per heavy atom. The molecule has 0 aromatic rings. The van der Waals surface area contributed by atoms with Crippen LogP contribution in [0.4, 0.5) is 0 Å². The van der Waals surface area contributed by atoms with Gasteiger partial charge in [-0.05, 0) is 12.3 Å². The summed E-state index contributed by atoms with van der Waals surface area (Å²) in [6.07, 6.45) is 4.19. The summed E-state index contributed by atoms with van der Waals surface area (Å²) in [6.45, 7) is 0.460. The Hall–Kier alpha value is 0.450. The second-order valence-corrected chi connectivity index (χ2v) is 5.65. The normalized spacial score (nSPS) is 12.5. The van der Waals surface area contributed by atoms with E-state index in [1.165, 1.54) is 0 Å². The van der Waals surface area contributed by atoms with Crippen LogP contribution in [-0.2, 0) is 16.3 Å². The molecule has 15 heavy (non-hydrogen) atoms. The van der Waals surface area contributed by atoms with Gasteiger partial charge in [0.05, 0.1) is 6.61 Å². The largest absolute Gasteiger partial charge is 0.812 e. The van der Waals surface area contributed by atoms with Crippen LogP contribution in [0.3, 0.4) is 0 Å². The lowest BCUT2D eigenvalue weighted by Gasteiger charge is -2.35. The van der Waals surface area contributed by atoms with Crippen molar-refractivity contribution < 1.29 is 14.3 Å². The van der Waals surface area contributed by atoms with Gasteiger partial charge >= 0.3 is 0 Å². The van der Waals surface area contributed by atoms with E-state index in [2.05, 4.69) is 23.3 Å². The Balaban J connectivity index is -0.000000720. The highest BCUT2D eigenvalue weighted by atomic mass is 32.5. The third-order valence-corrected chi connectivity index (χ3v) is 2.79. The summed E-state index contributed by atoms with van der Waals surface area (Å²) in [5.74, 6) is 0.324. The van der Waals surface area contributed by atoms with Crippen molar-refractivity contribution in [2.75, 3.05) is 6.61 Å². The average Bonchev–Trinajstić information content (AvgIpc) is 2.03. The van der Waals surface area contributed by atoms with Crippen LogP contribution in [0, 0.1) is 5.92 Å². The molecule has 8 N–H and O–H groups in total. The molecule has 0 aliphatic heterocycles. The summed E-state index contributed by atoms with van der Waals surface area (Å²) in [7, 11) is 0. The van der Waals surface area contributed by atoms with Crippen LogP contribution in [0.15, 0.2) is 0 Å². The minimum absolute atomic E-state index is 0. The summed E-state index contributed by atoms with van der Waals surface area (Å²) in [6, 6.07) is 0. The van der Waals surface area contributed by atoms with E-state index in [1.54, 1.807) is 0 Å². The van der Waals surface area contributed by atoms with Crippen LogP contribution in [0.25, 0.3) is 0 Å². The lowest BCUT2D eigenvalue weighted by molar-refractivity contribution is -0.321. The first-order valence-corrected chi connectivity index (χ1v) is 7.21. The molecule has 0 aliphatic rings. The van der Waals surface area contributed by atoms with E-state index in [0.29, 0.717) is 5.92 Å². The summed E-state index contributed by atoms with van der Waals surface area (Å²) < 4.78 is 4.59. The second-order valence-electron chi connectivity index (χ2n) is 3.16. The first kappa shape index (κ1) is 20.8. The Bertz CT molecular complexity index is 177. The molecule has 0 aromatic heterocycles. The van der Waals surface area contributed by atoms with Crippen LogP contribution < -0.4 is 22.1 Å².